The molecule has 0 aliphatic rings. The maximum atomic E-state index is 12.1. The quantitative estimate of drug-likeness (QED) is 0.782. The van der Waals surface area contributed by atoms with Gasteiger partial charge in [0.2, 0.25) is 0 Å². The number of hydrogen-bond donors (Lipinski definition) is 0. The number of aromatic nitrogens is 2. The molecule has 3 nitrogen and oxygen atoms in total. The van der Waals surface area contributed by atoms with E-state index in [2.05, 4.69) is 9.84 Å². The van der Waals surface area contributed by atoms with Crippen LogP contribution in [0.15, 0.2) is 6.20 Å². The molecule has 92 valence electrons. The summed E-state index contributed by atoms with van der Waals surface area (Å²) in [4.78, 5) is 0. The molecule has 0 aliphatic heterocycles. The molecule has 0 spiro atoms. The minimum Gasteiger partial charge on any atom is -0.366 e. The fourth-order valence-electron chi connectivity index (χ4n) is 0.868. The molecule has 9 heteroatoms. The number of alkyl halides is 5. The zero-order valence-electron chi connectivity index (χ0n) is 7.64. The van der Waals surface area contributed by atoms with Gasteiger partial charge < -0.3 is 4.74 Å². The standard InChI is InChI=1S/C7H6ClF5N2O/c8-4-1-15(6(9)10)14-5(4)2-16-3-7(11,12)13/h1,6H,2-3H2. The average Bonchev–Trinajstić information content (AvgIpc) is 2.46. The predicted molar refractivity (Wildman–Crippen MR) is 44.2 cm³/mol. The Morgan fingerprint density at radius 3 is 2.50 bits per heavy atom. The first-order chi connectivity index (χ1) is 7.29. The van der Waals surface area contributed by atoms with Crippen LogP contribution in [0.4, 0.5) is 22.0 Å². The fraction of sp³-hybridized carbons (Fsp3) is 0.571. The van der Waals surface area contributed by atoms with Crippen LogP contribution in [-0.2, 0) is 11.3 Å². The van der Waals surface area contributed by atoms with Crippen LogP contribution in [0.2, 0.25) is 5.02 Å². The molecule has 0 aromatic carbocycles. The van der Waals surface area contributed by atoms with Gasteiger partial charge in [0.05, 0.1) is 11.6 Å². The molecule has 1 heterocycles. The molecule has 0 bridgehead atoms. The van der Waals surface area contributed by atoms with Crippen molar-refractivity contribution in [2.24, 2.45) is 0 Å². The highest BCUT2D eigenvalue weighted by molar-refractivity contribution is 6.31. The van der Waals surface area contributed by atoms with Crippen molar-refractivity contribution in [3.63, 3.8) is 0 Å². The molecule has 0 N–H and O–H groups in total. The Balaban J connectivity index is 2.54. The van der Waals surface area contributed by atoms with Gasteiger partial charge in [-0.05, 0) is 0 Å². The van der Waals surface area contributed by atoms with Gasteiger partial charge in [0.15, 0.2) is 0 Å². The third-order valence-corrected chi connectivity index (χ3v) is 1.78. The third kappa shape index (κ3) is 3.93. The second kappa shape index (κ2) is 4.96. The van der Waals surface area contributed by atoms with E-state index in [1.54, 1.807) is 0 Å². The highest BCUT2D eigenvalue weighted by Crippen LogP contribution is 2.20. The van der Waals surface area contributed by atoms with Crippen LogP contribution in [0.3, 0.4) is 0 Å². The van der Waals surface area contributed by atoms with Crippen LogP contribution in [-0.4, -0.2) is 22.6 Å². The maximum Gasteiger partial charge on any atom is 0.411 e. The van der Waals surface area contributed by atoms with Crippen LogP contribution in [0.1, 0.15) is 12.2 Å². The van der Waals surface area contributed by atoms with E-state index in [1.165, 1.54) is 0 Å². The Morgan fingerprint density at radius 1 is 1.44 bits per heavy atom. The summed E-state index contributed by atoms with van der Waals surface area (Å²) in [7, 11) is 0. The van der Waals surface area contributed by atoms with Crippen molar-refractivity contribution in [3.8, 4) is 0 Å². The van der Waals surface area contributed by atoms with Gasteiger partial charge in [-0.3, -0.25) is 0 Å². The molecule has 1 aromatic rings. The molecule has 0 radical (unpaired) electrons. The van der Waals surface area contributed by atoms with Crippen molar-refractivity contribution >= 4 is 11.6 Å². The summed E-state index contributed by atoms with van der Waals surface area (Å²) in [6.07, 6.45) is -3.66. The fourth-order valence-corrected chi connectivity index (χ4v) is 1.06. The lowest BCUT2D eigenvalue weighted by Gasteiger charge is -2.05. The monoisotopic (exact) mass is 264 g/mol. The predicted octanol–water partition coefficient (Wildman–Crippen LogP) is 3.01. The summed E-state index contributed by atoms with van der Waals surface area (Å²) >= 11 is 5.46. The van der Waals surface area contributed by atoms with Crippen molar-refractivity contribution in [2.45, 2.75) is 19.3 Å². The van der Waals surface area contributed by atoms with E-state index >= 15 is 0 Å². The summed E-state index contributed by atoms with van der Waals surface area (Å²) in [5, 5.41) is 3.11. The molecule has 0 saturated heterocycles. The van der Waals surface area contributed by atoms with Crippen LogP contribution < -0.4 is 0 Å². The van der Waals surface area contributed by atoms with E-state index in [1.807, 2.05) is 0 Å². The molecule has 0 amide bonds. The summed E-state index contributed by atoms with van der Waals surface area (Å²) < 4.78 is 63.7. The molecule has 0 atom stereocenters. The van der Waals surface area contributed by atoms with Crippen molar-refractivity contribution in [2.75, 3.05) is 6.61 Å². The first kappa shape index (κ1) is 13.2. The number of ether oxygens (including phenoxy) is 1. The Labute approximate surface area is 91.7 Å². The largest absolute Gasteiger partial charge is 0.411 e. The summed E-state index contributed by atoms with van der Waals surface area (Å²) in [6, 6.07) is 0. The van der Waals surface area contributed by atoms with Gasteiger partial charge in [-0.1, -0.05) is 11.6 Å². The molecule has 0 aliphatic carbocycles. The molecule has 1 aromatic heterocycles. The minimum absolute atomic E-state index is 0.161. The summed E-state index contributed by atoms with van der Waals surface area (Å²) in [5.74, 6) is 0. The van der Waals surface area contributed by atoms with E-state index in [9.17, 15) is 22.0 Å². The molecular weight excluding hydrogens is 259 g/mol. The number of hydrogen-bond acceptors (Lipinski definition) is 2. The van der Waals surface area contributed by atoms with E-state index in [-0.39, 0.29) is 15.4 Å². The minimum atomic E-state index is -4.47. The zero-order chi connectivity index (χ0) is 12.3. The van der Waals surface area contributed by atoms with E-state index in [0.29, 0.717) is 0 Å². The van der Waals surface area contributed by atoms with Crippen molar-refractivity contribution in [1.82, 2.24) is 9.78 Å². The topological polar surface area (TPSA) is 27.1 Å². The van der Waals surface area contributed by atoms with Gasteiger partial charge in [0.1, 0.15) is 12.3 Å². The lowest BCUT2D eigenvalue weighted by molar-refractivity contribution is -0.176. The van der Waals surface area contributed by atoms with Crippen LogP contribution in [0.5, 0.6) is 0 Å². The number of halogens is 6. The molecule has 0 unspecified atom stereocenters. The molecule has 16 heavy (non-hydrogen) atoms. The normalized spacial score (nSPS) is 12.4. The Kier molecular flexibility index (Phi) is 4.09. The van der Waals surface area contributed by atoms with Crippen LogP contribution >= 0.6 is 11.6 Å². The average molecular weight is 265 g/mol. The molecule has 0 fully saturated rings. The van der Waals surface area contributed by atoms with E-state index in [4.69, 9.17) is 11.6 Å². The summed E-state index contributed by atoms with van der Waals surface area (Å²) in [6.45, 7) is -4.95. The Hall–Kier alpha value is -0.890. The lowest BCUT2D eigenvalue weighted by Crippen LogP contribution is -2.17. The number of nitrogens with zero attached hydrogens (tertiary/aromatic N) is 2. The van der Waals surface area contributed by atoms with Gasteiger partial charge in [-0.25, -0.2) is 4.68 Å². The molecule has 1 rings (SSSR count). The second-order valence-corrected chi connectivity index (χ2v) is 3.20. The van der Waals surface area contributed by atoms with Crippen molar-refractivity contribution in [3.05, 3.63) is 16.9 Å². The van der Waals surface area contributed by atoms with Crippen molar-refractivity contribution < 1.29 is 26.7 Å². The Bertz CT molecular complexity index is 351. The van der Waals surface area contributed by atoms with Gasteiger partial charge >= 0.3 is 12.7 Å². The van der Waals surface area contributed by atoms with E-state index < -0.39 is 25.9 Å². The van der Waals surface area contributed by atoms with Gasteiger partial charge in [-0.15, -0.1) is 0 Å². The van der Waals surface area contributed by atoms with Gasteiger partial charge in [0.25, 0.3) is 0 Å². The van der Waals surface area contributed by atoms with Crippen LogP contribution in [0, 0.1) is 0 Å². The first-order valence-corrected chi connectivity index (χ1v) is 4.33. The highest BCUT2D eigenvalue weighted by Gasteiger charge is 2.27. The maximum absolute atomic E-state index is 12.1. The SMILES string of the molecule is FC(F)n1cc(Cl)c(COCC(F)(F)F)n1. The van der Waals surface area contributed by atoms with Gasteiger partial charge in [0, 0.05) is 6.20 Å². The van der Waals surface area contributed by atoms with E-state index in [0.717, 1.165) is 6.20 Å². The van der Waals surface area contributed by atoms with Crippen molar-refractivity contribution in [1.29, 1.82) is 0 Å². The number of rotatable bonds is 4. The first-order valence-electron chi connectivity index (χ1n) is 3.96. The highest BCUT2D eigenvalue weighted by atomic mass is 35.5. The van der Waals surface area contributed by atoms with Gasteiger partial charge in [-0.2, -0.15) is 27.1 Å². The second-order valence-electron chi connectivity index (χ2n) is 2.79. The lowest BCUT2D eigenvalue weighted by atomic mass is 10.5. The van der Waals surface area contributed by atoms with Crippen LogP contribution in [0.25, 0.3) is 0 Å². The molecule has 0 saturated carbocycles. The molecular formula is C7H6ClF5N2O. The Morgan fingerprint density at radius 2 is 2.06 bits per heavy atom. The smallest absolute Gasteiger partial charge is 0.366 e. The third-order valence-electron chi connectivity index (χ3n) is 1.46. The zero-order valence-corrected chi connectivity index (χ0v) is 8.40. The summed E-state index contributed by atoms with van der Waals surface area (Å²) in [5.41, 5.74) is -0.161.